The van der Waals surface area contributed by atoms with Gasteiger partial charge in [0.25, 0.3) is 29.4 Å². The molecule has 123 heavy (non-hydrogen) atoms. The van der Waals surface area contributed by atoms with Crippen LogP contribution in [0.2, 0.25) is 0 Å². The Balaban J connectivity index is 0.000000272. The van der Waals surface area contributed by atoms with Gasteiger partial charge in [-0.05, 0) is 207 Å². The van der Waals surface area contributed by atoms with E-state index in [1.54, 1.807) is 128 Å². The van der Waals surface area contributed by atoms with Crippen LogP contribution in [-0.2, 0) is 27.7 Å². The summed E-state index contributed by atoms with van der Waals surface area (Å²) in [4.78, 5) is 71.9. The number of nitrogens with two attached hydrogens (primary N) is 1. The van der Waals surface area contributed by atoms with Gasteiger partial charge < -0.3 is 54.8 Å². The fourth-order valence-corrected chi connectivity index (χ4v) is 12.7. The minimum Gasteiger partial charge on any atom is -1.00 e. The van der Waals surface area contributed by atoms with Crippen LogP contribution < -0.4 is 174 Å². The molecule has 14 rings (SSSR count). The molecule has 0 aliphatic heterocycles. The number of hydrogen-bond acceptors (Lipinski definition) is 26. The third kappa shape index (κ3) is 29.9. The first kappa shape index (κ1) is 101. The normalized spacial score (nSPS) is 9.93. The molecule has 0 unspecified atom stereocenters. The number of hydrogen-bond donors (Lipinski definition) is 4. The van der Waals surface area contributed by atoms with Gasteiger partial charge in [-0.2, -0.15) is 10.1 Å². The molecule has 6 aromatic heterocycles. The second-order valence-corrected chi connectivity index (χ2v) is 27.2. The van der Waals surface area contributed by atoms with Crippen molar-refractivity contribution < 1.29 is 167 Å². The van der Waals surface area contributed by atoms with Crippen LogP contribution in [0.1, 0.15) is 50.2 Å². The number of methoxy groups -OCH3 is 8. The van der Waals surface area contributed by atoms with E-state index in [9.17, 15) is 19.2 Å². The summed E-state index contributed by atoms with van der Waals surface area (Å²) in [6.07, 6.45) is 4.14. The first-order valence-electron chi connectivity index (χ1n) is 36.2. The standard InChI is InChI=1S/C26H23N5O3S.C18H19NO3S.C16H15N3O2S.C10H9ClN2O.C8H10N2O2.C8H7NOS.CH2O3.2K.H/c1-17-8-13-23-27-19(14-24(32)30(23)15-17)16-35-26-29-28-25(18-9-11-20(33-2)12-10-18)31(26)21-6-4-5-7-22(21)34-3;1-21-15-9-7-13(8-10-15)18(20)19-12-16(23)11-14-5-3-4-6-17(14)22-2;1-20-12-9-7-11(8-10-12)15-17-18-16(22)19(15)13-5-3-4-6-14(13)21-2;1-7-2-3-9-12-8(5-11)4-10(14)13(9)6-7;1-12-7-4-2-6(3-5-7)8(11)10-9;1-10-8-5-3-2-4-7(8)9-6-11;2-1-4-3;;;/h4-15H,16H2,1-3H3;3-10H,11-12H2,1-2H3,(H,19,20);3-10H,1-2H3,(H,18,22);2-4,6H,5H2,1H3;2-5H,9H2,1H3,(H,10,11);2-5H,1H3;1,3H;;;/q;;;;;;;2*+1;-1/p-1. The maximum absolute atomic E-state index is 12.6. The Hall–Kier alpha value is -10.5. The number of thioether (sulfide) groups is 1. The van der Waals surface area contributed by atoms with Crippen LogP contribution in [0.3, 0.4) is 0 Å². The second-order valence-electron chi connectivity index (χ2n) is 24.8. The molecule has 2 amide bonds. The van der Waals surface area contributed by atoms with Crippen molar-refractivity contribution in [3.8, 4) is 80.1 Å². The summed E-state index contributed by atoms with van der Waals surface area (Å²) in [5.41, 5.74) is 12.7. The summed E-state index contributed by atoms with van der Waals surface area (Å²) in [6, 6.07) is 70.0. The molecule has 0 atom stereocenters. The van der Waals surface area contributed by atoms with Gasteiger partial charge in [0.15, 0.2) is 21.6 Å². The molecular formula is C87H85ClK2N14O15S4. The summed E-state index contributed by atoms with van der Waals surface area (Å²) < 4.78 is 49.2. The van der Waals surface area contributed by atoms with Gasteiger partial charge in [-0.3, -0.25) is 52.4 Å². The molecule has 29 nitrogen and oxygen atoms in total. The number of amides is 2. The van der Waals surface area contributed by atoms with Gasteiger partial charge in [0.2, 0.25) is 0 Å². The van der Waals surface area contributed by atoms with Crippen LogP contribution in [0.4, 0.5) is 5.69 Å². The third-order valence-electron chi connectivity index (χ3n) is 17.0. The predicted molar refractivity (Wildman–Crippen MR) is 474 cm³/mol. The summed E-state index contributed by atoms with van der Waals surface area (Å²) in [6.45, 7) is 4.04. The predicted octanol–water partition coefficient (Wildman–Crippen LogP) is 8.25. The minimum atomic E-state index is -0.308. The molecule has 0 spiro atoms. The first-order valence-corrected chi connectivity index (χ1v) is 39.0. The summed E-state index contributed by atoms with van der Waals surface area (Å²) in [5.74, 6) is 12.5. The Morgan fingerprint density at radius 2 is 1.00 bits per heavy atom. The van der Waals surface area contributed by atoms with Crippen LogP contribution in [-0.4, -0.2) is 140 Å². The van der Waals surface area contributed by atoms with Crippen LogP contribution in [0.5, 0.6) is 46.0 Å². The molecule has 0 aliphatic rings. The van der Waals surface area contributed by atoms with Crippen molar-refractivity contribution in [1.82, 2.24) is 59.0 Å². The van der Waals surface area contributed by atoms with Crippen molar-refractivity contribution in [3.05, 3.63) is 308 Å². The van der Waals surface area contributed by atoms with E-state index in [0.29, 0.717) is 97.0 Å². The van der Waals surface area contributed by atoms with Crippen molar-refractivity contribution in [1.29, 1.82) is 0 Å². The molecule has 8 aromatic carbocycles. The van der Waals surface area contributed by atoms with Gasteiger partial charge in [-0.15, -0.1) is 21.8 Å². The Morgan fingerprint density at radius 1 is 0.569 bits per heavy atom. The first-order chi connectivity index (χ1) is 58.7. The fourth-order valence-electron chi connectivity index (χ4n) is 11.1. The average Bonchev–Trinajstić information content (AvgIpc) is 1.62. The van der Waals surface area contributed by atoms with E-state index < -0.39 is 0 Å². The monoisotopic (exact) mass is 1810 g/mol. The number of hydrazine groups is 1. The van der Waals surface area contributed by atoms with E-state index in [0.717, 1.165) is 72.9 Å². The Morgan fingerprint density at radius 3 is 1.47 bits per heavy atom. The molecule has 14 aromatic rings. The van der Waals surface area contributed by atoms with Gasteiger partial charge in [0.05, 0.1) is 90.7 Å². The number of nitrogens with zero attached hydrogens (tertiary/aromatic N) is 10. The number of aromatic amines is 1. The molecule has 0 aliphatic carbocycles. The zero-order valence-corrected chi connectivity index (χ0v) is 79.5. The number of aliphatic imine (C=N–C) groups is 1. The number of fused-ring (bicyclic) bond motifs is 2. The number of carbonyl (C=O) groups is 3. The quantitative estimate of drug-likeness (QED) is 0.00422. The number of nitrogens with one attached hydrogen (secondary N) is 3. The largest absolute Gasteiger partial charge is 1.00 e. The third-order valence-corrected chi connectivity index (χ3v) is 18.9. The number of carbonyl (C=O) groups excluding carboxylic acids is 3. The molecule has 0 fully saturated rings. The maximum atomic E-state index is 12.6. The zero-order chi connectivity index (χ0) is 87.2. The molecule has 36 heteroatoms. The molecule has 626 valence electrons. The molecule has 6 heterocycles. The summed E-state index contributed by atoms with van der Waals surface area (Å²) in [5, 5.41) is 30.4. The topological polar surface area (TPSA) is 353 Å². The van der Waals surface area contributed by atoms with Crippen LogP contribution in [0.25, 0.3) is 45.4 Å². The van der Waals surface area contributed by atoms with Gasteiger partial charge in [0, 0.05) is 70.4 Å². The fraction of sp³-hybridized carbons (Fsp3) is 0.161. The smallest absolute Gasteiger partial charge is 1.00 e. The Kier molecular flexibility index (Phi) is 44.1. The summed E-state index contributed by atoms with van der Waals surface area (Å²) >= 11 is 22.3. The molecule has 0 saturated heterocycles. The number of para-hydroxylation sites is 7. The zero-order valence-electron chi connectivity index (χ0n) is 70.2. The van der Waals surface area contributed by atoms with Crippen molar-refractivity contribution >= 4 is 105 Å². The van der Waals surface area contributed by atoms with Crippen molar-refractivity contribution in [3.63, 3.8) is 0 Å². The molecule has 0 saturated carbocycles. The second kappa shape index (κ2) is 53.5. The number of H-pyrrole nitrogens is 1. The van der Waals surface area contributed by atoms with Crippen LogP contribution >= 0.6 is 60.0 Å². The van der Waals surface area contributed by atoms with Crippen LogP contribution in [0, 0.1) is 18.6 Å². The molecule has 5 N–H and O–H groups in total. The van der Waals surface area contributed by atoms with E-state index >= 15 is 0 Å². The Labute approximate surface area is 820 Å². The SMILES string of the molecule is COc1ccc(-c2n[nH]c(=S)n2-c2ccccc2OC)cc1.COc1ccc(-c2nnc(SCc3cc(=O)n4cc(C)ccc4n3)n2-c2ccccc2OC)cc1.COc1ccc(C(=O)NCC(=S)Cc2ccccc2OC)cc1.COc1ccc(C(=O)NN)cc1.COc1ccccc1N=C=S.Cc1ccc2nc(CCl)cc(=O)n2c1.O=CO[O-].[H-].[K+].[K+]. The van der Waals surface area contributed by atoms with E-state index in [1.165, 1.54) is 22.2 Å². The maximum Gasteiger partial charge on any atom is 1.00 e. The number of halogens is 1. The minimum absolute atomic E-state index is 0. The molecular weight excluding hydrogens is 1720 g/mol. The average molecular weight is 1810 g/mol. The number of nitrogen functional groups attached to an aromatic ring is 1. The Bertz CT molecular complexity index is 6030. The van der Waals surface area contributed by atoms with E-state index in [-0.39, 0.29) is 139 Å². The number of alkyl halides is 1. The van der Waals surface area contributed by atoms with Gasteiger partial charge in [-0.25, -0.2) is 15.8 Å². The van der Waals surface area contributed by atoms with E-state index in [1.807, 2.05) is 198 Å². The molecule has 0 bridgehead atoms. The van der Waals surface area contributed by atoms with E-state index in [2.05, 4.69) is 62.9 Å². The summed E-state index contributed by atoms with van der Waals surface area (Å²) in [7, 11) is 12.9. The van der Waals surface area contributed by atoms with Crippen molar-refractivity contribution in [2.24, 2.45) is 10.8 Å². The number of ether oxygens (including phenoxy) is 8. The van der Waals surface area contributed by atoms with Gasteiger partial charge in [-0.1, -0.05) is 90.7 Å². The van der Waals surface area contributed by atoms with Gasteiger partial charge >= 0.3 is 103 Å². The number of rotatable bonds is 24. The number of benzene rings is 8. The number of isothiocyanates is 1. The van der Waals surface area contributed by atoms with Crippen LogP contribution in [0.15, 0.2) is 263 Å². The molecule has 0 radical (unpaired) electrons. The number of aryl methyl sites for hydroxylation is 2. The van der Waals surface area contributed by atoms with Crippen molar-refractivity contribution in [2.45, 2.75) is 37.1 Å². The number of pyridine rings is 2. The van der Waals surface area contributed by atoms with Crippen molar-refractivity contribution in [2.75, 3.05) is 63.4 Å². The number of aromatic nitrogens is 10. The van der Waals surface area contributed by atoms with E-state index in [4.69, 9.17) is 89.8 Å². The number of thiocarbonyl (C=S) groups is 2. The van der Waals surface area contributed by atoms with Gasteiger partial charge in [0.1, 0.15) is 63.0 Å².